The number of rotatable bonds is 6. The minimum Gasteiger partial charge on any atom is -0.496 e. The molecule has 0 atom stereocenters. The number of hydrogen-bond donors (Lipinski definition) is 1. The Morgan fingerprint density at radius 3 is 2.62 bits per heavy atom. The smallest absolute Gasteiger partial charge is 0.230 e. The second kappa shape index (κ2) is 7.70. The highest BCUT2D eigenvalue weighted by molar-refractivity contribution is 7.15. The number of para-hydroxylation sites is 1. The summed E-state index contributed by atoms with van der Waals surface area (Å²) in [6.07, 6.45) is 0.943. The lowest BCUT2D eigenvalue weighted by atomic mass is 10.1. The summed E-state index contributed by atoms with van der Waals surface area (Å²) in [5.41, 5.74) is 2.01. The molecule has 1 aromatic heterocycles. The first-order valence-electron chi connectivity index (χ1n) is 7.52. The molecule has 1 heterocycles. The summed E-state index contributed by atoms with van der Waals surface area (Å²) in [6, 6.07) is 17.5. The summed E-state index contributed by atoms with van der Waals surface area (Å²) in [5.74, 6) is 0.566. The Kier molecular flexibility index (Phi) is 5.18. The molecule has 0 spiro atoms. The van der Waals surface area contributed by atoms with Crippen LogP contribution in [0.15, 0.2) is 54.6 Å². The van der Waals surface area contributed by atoms with Gasteiger partial charge in [-0.1, -0.05) is 59.9 Å². The van der Waals surface area contributed by atoms with Gasteiger partial charge in [-0.05, 0) is 11.6 Å². The maximum Gasteiger partial charge on any atom is 0.230 e. The SMILES string of the molecule is COc1ccccc1CC(=O)Nc1nnc(Cc2ccccc2)s1. The van der Waals surface area contributed by atoms with Crippen LogP contribution in [0.25, 0.3) is 0 Å². The van der Waals surface area contributed by atoms with Gasteiger partial charge in [-0.3, -0.25) is 4.79 Å². The largest absolute Gasteiger partial charge is 0.496 e. The fourth-order valence-electron chi connectivity index (χ4n) is 2.33. The van der Waals surface area contributed by atoms with Crippen molar-refractivity contribution in [3.63, 3.8) is 0 Å². The first-order valence-corrected chi connectivity index (χ1v) is 8.34. The van der Waals surface area contributed by atoms with E-state index in [1.54, 1.807) is 7.11 Å². The van der Waals surface area contributed by atoms with Crippen molar-refractivity contribution in [3.05, 3.63) is 70.7 Å². The van der Waals surface area contributed by atoms with Gasteiger partial charge < -0.3 is 10.1 Å². The number of hydrogen-bond acceptors (Lipinski definition) is 5. The van der Waals surface area contributed by atoms with Crippen LogP contribution in [0.5, 0.6) is 5.75 Å². The molecule has 0 bridgehead atoms. The minimum absolute atomic E-state index is 0.137. The molecule has 0 aliphatic rings. The maximum atomic E-state index is 12.2. The summed E-state index contributed by atoms with van der Waals surface area (Å²) in [7, 11) is 1.59. The highest BCUT2D eigenvalue weighted by Gasteiger charge is 2.11. The second-order valence-electron chi connectivity index (χ2n) is 5.20. The molecule has 6 heteroatoms. The van der Waals surface area contributed by atoms with Crippen LogP contribution in [0.1, 0.15) is 16.1 Å². The van der Waals surface area contributed by atoms with Gasteiger partial charge in [0.05, 0.1) is 13.5 Å². The molecule has 3 aromatic rings. The fraction of sp³-hybridized carbons (Fsp3) is 0.167. The van der Waals surface area contributed by atoms with E-state index < -0.39 is 0 Å². The summed E-state index contributed by atoms with van der Waals surface area (Å²) < 4.78 is 5.26. The van der Waals surface area contributed by atoms with Gasteiger partial charge in [0.1, 0.15) is 10.8 Å². The van der Waals surface area contributed by atoms with E-state index in [-0.39, 0.29) is 12.3 Å². The third kappa shape index (κ3) is 4.17. The van der Waals surface area contributed by atoms with Crippen molar-refractivity contribution in [2.24, 2.45) is 0 Å². The standard InChI is InChI=1S/C18H17N3O2S/c1-23-15-10-6-5-9-14(15)12-16(22)19-18-21-20-17(24-18)11-13-7-3-2-4-8-13/h2-10H,11-12H2,1H3,(H,19,21,22). The number of nitrogens with zero attached hydrogens (tertiary/aromatic N) is 2. The molecule has 0 fully saturated rings. The van der Waals surface area contributed by atoms with E-state index in [1.165, 1.54) is 16.9 Å². The molecule has 0 unspecified atom stereocenters. The van der Waals surface area contributed by atoms with Gasteiger partial charge in [0.2, 0.25) is 11.0 Å². The number of nitrogens with one attached hydrogen (secondary N) is 1. The Bertz CT molecular complexity index is 818. The lowest BCUT2D eigenvalue weighted by Crippen LogP contribution is -2.14. The molecule has 0 aliphatic carbocycles. The molecule has 24 heavy (non-hydrogen) atoms. The molecule has 5 nitrogen and oxygen atoms in total. The summed E-state index contributed by atoms with van der Waals surface area (Å²) in [5, 5.41) is 12.4. The number of ether oxygens (including phenoxy) is 1. The monoisotopic (exact) mass is 339 g/mol. The number of benzene rings is 2. The highest BCUT2D eigenvalue weighted by Crippen LogP contribution is 2.21. The number of carbonyl (C=O) groups excluding carboxylic acids is 1. The van der Waals surface area contributed by atoms with Gasteiger partial charge in [-0.15, -0.1) is 10.2 Å². The van der Waals surface area contributed by atoms with Crippen LogP contribution in [-0.2, 0) is 17.6 Å². The molecule has 0 aliphatic heterocycles. The van der Waals surface area contributed by atoms with Crippen molar-refractivity contribution in [2.45, 2.75) is 12.8 Å². The molecule has 0 radical (unpaired) electrons. The second-order valence-corrected chi connectivity index (χ2v) is 6.26. The summed E-state index contributed by atoms with van der Waals surface area (Å²) in [6.45, 7) is 0. The third-order valence-corrected chi connectivity index (χ3v) is 4.29. The Balaban J connectivity index is 1.61. The normalized spacial score (nSPS) is 10.4. The number of carbonyl (C=O) groups is 1. The zero-order valence-electron chi connectivity index (χ0n) is 13.2. The van der Waals surface area contributed by atoms with Crippen LogP contribution in [0.2, 0.25) is 0 Å². The zero-order chi connectivity index (χ0) is 16.8. The fourth-order valence-corrected chi connectivity index (χ4v) is 3.12. The molecule has 3 rings (SSSR count). The average Bonchev–Trinajstić information content (AvgIpc) is 3.03. The predicted molar refractivity (Wildman–Crippen MR) is 94.5 cm³/mol. The molecule has 1 N–H and O–H groups in total. The molecule has 0 saturated heterocycles. The van der Waals surface area contributed by atoms with Crippen LogP contribution in [-0.4, -0.2) is 23.2 Å². The molecule has 1 amide bonds. The summed E-state index contributed by atoms with van der Waals surface area (Å²) in [4.78, 5) is 12.2. The van der Waals surface area contributed by atoms with E-state index in [4.69, 9.17) is 4.74 Å². The van der Waals surface area contributed by atoms with Gasteiger partial charge in [-0.2, -0.15) is 0 Å². The molecule has 122 valence electrons. The van der Waals surface area contributed by atoms with Gasteiger partial charge >= 0.3 is 0 Å². The van der Waals surface area contributed by atoms with Gasteiger partial charge in [0.25, 0.3) is 0 Å². The first-order chi connectivity index (χ1) is 11.7. The Labute approximate surface area is 144 Å². The summed E-state index contributed by atoms with van der Waals surface area (Å²) >= 11 is 1.39. The third-order valence-electron chi connectivity index (χ3n) is 3.45. The molecule has 0 saturated carbocycles. The van der Waals surface area contributed by atoms with Crippen LogP contribution in [0, 0.1) is 0 Å². The van der Waals surface area contributed by atoms with Crippen molar-refractivity contribution in [3.8, 4) is 5.75 Å². The van der Waals surface area contributed by atoms with E-state index in [1.807, 2.05) is 54.6 Å². The van der Waals surface area contributed by atoms with E-state index in [0.717, 1.165) is 10.6 Å². The van der Waals surface area contributed by atoms with Gasteiger partial charge in [0, 0.05) is 12.0 Å². The van der Waals surface area contributed by atoms with Crippen molar-refractivity contribution in [1.29, 1.82) is 0 Å². The minimum atomic E-state index is -0.137. The van der Waals surface area contributed by atoms with Crippen molar-refractivity contribution in [2.75, 3.05) is 12.4 Å². The Morgan fingerprint density at radius 1 is 1.08 bits per heavy atom. The first kappa shape index (κ1) is 16.1. The zero-order valence-corrected chi connectivity index (χ0v) is 14.0. The highest BCUT2D eigenvalue weighted by atomic mass is 32.1. The van der Waals surface area contributed by atoms with E-state index in [9.17, 15) is 4.79 Å². The van der Waals surface area contributed by atoms with Crippen molar-refractivity contribution >= 4 is 22.4 Å². The van der Waals surface area contributed by atoms with Crippen LogP contribution in [0.3, 0.4) is 0 Å². The number of methoxy groups -OCH3 is 1. The number of amides is 1. The van der Waals surface area contributed by atoms with E-state index in [0.29, 0.717) is 17.3 Å². The van der Waals surface area contributed by atoms with Crippen LogP contribution < -0.4 is 10.1 Å². The van der Waals surface area contributed by atoms with Crippen LogP contribution >= 0.6 is 11.3 Å². The van der Waals surface area contributed by atoms with Crippen molar-refractivity contribution in [1.82, 2.24) is 10.2 Å². The van der Waals surface area contributed by atoms with Gasteiger partial charge in [0.15, 0.2) is 0 Å². The average molecular weight is 339 g/mol. The van der Waals surface area contributed by atoms with E-state index >= 15 is 0 Å². The van der Waals surface area contributed by atoms with E-state index in [2.05, 4.69) is 15.5 Å². The lowest BCUT2D eigenvalue weighted by Gasteiger charge is -2.07. The molecular formula is C18H17N3O2S. The number of anilines is 1. The number of aromatic nitrogens is 2. The topological polar surface area (TPSA) is 64.1 Å². The quantitative estimate of drug-likeness (QED) is 0.748. The molecule has 2 aromatic carbocycles. The predicted octanol–water partition coefficient (Wildman–Crippen LogP) is 3.32. The molecular weight excluding hydrogens is 322 g/mol. The Hall–Kier alpha value is -2.73. The lowest BCUT2D eigenvalue weighted by molar-refractivity contribution is -0.115. The van der Waals surface area contributed by atoms with Gasteiger partial charge in [-0.25, -0.2) is 0 Å². The van der Waals surface area contributed by atoms with Crippen LogP contribution in [0.4, 0.5) is 5.13 Å². The Morgan fingerprint density at radius 2 is 1.83 bits per heavy atom. The van der Waals surface area contributed by atoms with Crippen molar-refractivity contribution < 1.29 is 9.53 Å². The maximum absolute atomic E-state index is 12.2.